The molecule has 0 saturated carbocycles. The first-order valence-electron chi connectivity index (χ1n) is 6.48. The van der Waals surface area contributed by atoms with Crippen LogP contribution >= 0.6 is 0 Å². The van der Waals surface area contributed by atoms with Crippen LogP contribution in [0.3, 0.4) is 0 Å². The fourth-order valence-corrected chi connectivity index (χ4v) is 3.08. The highest BCUT2D eigenvalue weighted by atomic mass is 16.1. The monoisotopic (exact) mass is 251 g/mol. The Hall–Kier alpha value is -2.09. The van der Waals surface area contributed by atoms with Crippen LogP contribution in [0.1, 0.15) is 27.0 Å². The van der Waals surface area contributed by atoms with Gasteiger partial charge in [-0.3, -0.25) is 4.79 Å². The number of aromatic nitrogens is 1. The van der Waals surface area contributed by atoms with Crippen molar-refractivity contribution in [2.75, 3.05) is 0 Å². The highest BCUT2D eigenvalue weighted by Gasteiger charge is 2.14. The molecule has 0 aliphatic rings. The molecule has 0 bridgehead atoms. The molecule has 0 radical (unpaired) electrons. The van der Waals surface area contributed by atoms with E-state index in [1.807, 2.05) is 18.2 Å². The molecular weight excluding hydrogens is 234 g/mol. The number of benzene rings is 2. The number of carbonyl (C=O) groups is 1. The predicted molar refractivity (Wildman–Crippen MR) is 80.0 cm³/mol. The second-order valence-corrected chi connectivity index (χ2v) is 5.31. The second kappa shape index (κ2) is 3.95. The Morgan fingerprint density at radius 2 is 1.79 bits per heavy atom. The van der Waals surface area contributed by atoms with Crippen molar-refractivity contribution >= 4 is 28.1 Å². The summed E-state index contributed by atoms with van der Waals surface area (Å²) in [5.41, 5.74) is 7.06. The number of hydrogen-bond donors (Lipinski definition) is 0. The zero-order valence-electron chi connectivity index (χ0n) is 11.7. The standard InChI is InChI=1S/C17H17NO/c1-10-7-11(2)17-16(12(10)3)14-8-13(9-19)5-6-15(14)18(17)4/h5-9H,1-4H3. The molecule has 0 aliphatic heterocycles. The van der Waals surface area contributed by atoms with E-state index in [-0.39, 0.29) is 0 Å². The summed E-state index contributed by atoms with van der Waals surface area (Å²) in [7, 11) is 2.09. The van der Waals surface area contributed by atoms with Gasteiger partial charge in [0.1, 0.15) is 6.29 Å². The first-order valence-corrected chi connectivity index (χ1v) is 6.48. The minimum Gasteiger partial charge on any atom is -0.343 e. The maximum Gasteiger partial charge on any atom is 0.150 e. The summed E-state index contributed by atoms with van der Waals surface area (Å²) in [5.74, 6) is 0. The van der Waals surface area contributed by atoms with E-state index < -0.39 is 0 Å². The topological polar surface area (TPSA) is 22.0 Å². The van der Waals surface area contributed by atoms with Crippen LogP contribution < -0.4 is 0 Å². The predicted octanol–water partition coefficient (Wildman–Crippen LogP) is 4.07. The average Bonchev–Trinajstić information content (AvgIpc) is 2.69. The second-order valence-electron chi connectivity index (χ2n) is 5.31. The van der Waals surface area contributed by atoms with Gasteiger partial charge in [0.05, 0.1) is 5.52 Å². The highest BCUT2D eigenvalue weighted by molar-refractivity contribution is 6.12. The summed E-state index contributed by atoms with van der Waals surface area (Å²) in [6.07, 6.45) is 0.913. The highest BCUT2D eigenvalue weighted by Crippen LogP contribution is 2.34. The van der Waals surface area contributed by atoms with Gasteiger partial charge in [0, 0.05) is 28.9 Å². The van der Waals surface area contributed by atoms with Gasteiger partial charge in [0.15, 0.2) is 0 Å². The Bertz CT molecular complexity index is 824. The van der Waals surface area contributed by atoms with Crippen LogP contribution in [0, 0.1) is 20.8 Å². The van der Waals surface area contributed by atoms with Crippen molar-refractivity contribution in [1.82, 2.24) is 4.57 Å². The normalized spacial score (nSPS) is 11.4. The molecule has 0 N–H and O–H groups in total. The number of nitrogens with zero attached hydrogens (tertiary/aromatic N) is 1. The van der Waals surface area contributed by atoms with E-state index in [0.29, 0.717) is 0 Å². The Kier molecular flexibility index (Phi) is 2.49. The SMILES string of the molecule is Cc1cc(C)c2c(c1C)c1cc(C=O)ccc1n2C. The first kappa shape index (κ1) is 12.0. The van der Waals surface area contributed by atoms with Crippen LogP contribution in [0.2, 0.25) is 0 Å². The number of fused-ring (bicyclic) bond motifs is 3. The van der Waals surface area contributed by atoms with Gasteiger partial charge in [-0.15, -0.1) is 0 Å². The van der Waals surface area contributed by atoms with Gasteiger partial charge in [-0.05, 0) is 55.7 Å². The molecule has 0 fully saturated rings. The van der Waals surface area contributed by atoms with E-state index in [0.717, 1.165) is 11.8 Å². The third-order valence-corrected chi connectivity index (χ3v) is 4.13. The van der Waals surface area contributed by atoms with E-state index >= 15 is 0 Å². The van der Waals surface area contributed by atoms with E-state index in [1.165, 1.54) is 38.5 Å². The lowest BCUT2D eigenvalue weighted by Crippen LogP contribution is -1.91. The van der Waals surface area contributed by atoms with Gasteiger partial charge >= 0.3 is 0 Å². The molecule has 1 heterocycles. The molecule has 3 rings (SSSR count). The summed E-state index contributed by atoms with van der Waals surface area (Å²) in [5, 5.41) is 2.45. The third-order valence-electron chi connectivity index (χ3n) is 4.13. The van der Waals surface area contributed by atoms with Crippen LogP contribution in [-0.4, -0.2) is 10.9 Å². The van der Waals surface area contributed by atoms with E-state index in [9.17, 15) is 4.79 Å². The number of aryl methyl sites for hydroxylation is 4. The van der Waals surface area contributed by atoms with Gasteiger partial charge in [-0.2, -0.15) is 0 Å². The Balaban J connectivity index is 2.65. The molecule has 2 nitrogen and oxygen atoms in total. The molecule has 0 unspecified atom stereocenters. The Labute approximate surface area is 112 Å². The smallest absolute Gasteiger partial charge is 0.150 e. The van der Waals surface area contributed by atoms with Crippen molar-refractivity contribution in [3.63, 3.8) is 0 Å². The minimum atomic E-state index is 0.735. The van der Waals surface area contributed by atoms with E-state index in [2.05, 4.69) is 38.5 Å². The number of hydrogen-bond acceptors (Lipinski definition) is 1. The fraction of sp³-hybridized carbons (Fsp3) is 0.235. The number of aldehydes is 1. The molecule has 0 saturated heterocycles. The first-order chi connectivity index (χ1) is 9.04. The summed E-state index contributed by atoms with van der Waals surface area (Å²) in [6, 6.07) is 8.15. The molecule has 0 atom stereocenters. The van der Waals surface area contributed by atoms with Gasteiger partial charge in [-0.1, -0.05) is 6.07 Å². The van der Waals surface area contributed by atoms with Crippen molar-refractivity contribution in [2.24, 2.45) is 7.05 Å². The van der Waals surface area contributed by atoms with Gasteiger partial charge in [0.25, 0.3) is 0 Å². The van der Waals surface area contributed by atoms with Crippen LogP contribution in [-0.2, 0) is 7.05 Å². The molecule has 1 aromatic heterocycles. The van der Waals surface area contributed by atoms with Crippen LogP contribution in [0.4, 0.5) is 0 Å². The Morgan fingerprint density at radius 3 is 2.47 bits per heavy atom. The maximum absolute atomic E-state index is 11.0. The lowest BCUT2D eigenvalue weighted by molar-refractivity contribution is 0.112. The molecule has 0 aliphatic carbocycles. The molecule has 96 valence electrons. The summed E-state index contributed by atoms with van der Waals surface area (Å²) >= 11 is 0. The average molecular weight is 251 g/mol. The molecular formula is C17H17NO. The van der Waals surface area contributed by atoms with E-state index in [4.69, 9.17) is 0 Å². The lowest BCUT2D eigenvalue weighted by atomic mass is 9.99. The molecule has 3 aromatic rings. The van der Waals surface area contributed by atoms with Crippen molar-refractivity contribution in [2.45, 2.75) is 20.8 Å². The summed E-state index contributed by atoms with van der Waals surface area (Å²) in [4.78, 5) is 11.0. The molecule has 2 heteroatoms. The van der Waals surface area contributed by atoms with Gasteiger partial charge in [0.2, 0.25) is 0 Å². The van der Waals surface area contributed by atoms with Crippen molar-refractivity contribution < 1.29 is 4.79 Å². The summed E-state index contributed by atoms with van der Waals surface area (Å²) < 4.78 is 2.22. The zero-order chi connectivity index (χ0) is 13.7. The van der Waals surface area contributed by atoms with Crippen LogP contribution in [0.25, 0.3) is 21.8 Å². The lowest BCUT2D eigenvalue weighted by Gasteiger charge is -2.07. The van der Waals surface area contributed by atoms with Crippen LogP contribution in [0.5, 0.6) is 0 Å². The van der Waals surface area contributed by atoms with Crippen molar-refractivity contribution in [3.05, 3.63) is 46.5 Å². The Morgan fingerprint density at radius 1 is 1.05 bits per heavy atom. The molecule has 0 spiro atoms. The quantitative estimate of drug-likeness (QED) is 0.597. The van der Waals surface area contributed by atoms with Crippen molar-refractivity contribution in [3.8, 4) is 0 Å². The molecule has 2 aromatic carbocycles. The largest absolute Gasteiger partial charge is 0.343 e. The van der Waals surface area contributed by atoms with Gasteiger partial charge < -0.3 is 4.57 Å². The third kappa shape index (κ3) is 1.53. The van der Waals surface area contributed by atoms with Gasteiger partial charge in [-0.25, -0.2) is 0 Å². The van der Waals surface area contributed by atoms with Crippen LogP contribution in [0.15, 0.2) is 24.3 Å². The zero-order valence-corrected chi connectivity index (χ0v) is 11.7. The maximum atomic E-state index is 11.0. The summed E-state index contributed by atoms with van der Waals surface area (Å²) in [6.45, 7) is 6.45. The number of rotatable bonds is 1. The minimum absolute atomic E-state index is 0.735. The van der Waals surface area contributed by atoms with Crippen molar-refractivity contribution in [1.29, 1.82) is 0 Å². The molecule has 19 heavy (non-hydrogen) atoms. The van der Waals surface area contributed by atoms with E-state index in [1.54, 1.807) is 0 Å². The number of carbonyl (C=O) groups excluding carboxylic acids is 1. The fourth-order valence-electron chi connectivity index (χ4n) is 3.08. The molecule has 0 amide bonds.